The van der Waals surface area contributed by atoms with Crippen LogP contribution in [0.15, 0.2) is 58.3 Å². The summed E-state index contributed by atoms with van der Waals surface area (Å²) < 4.78 is 5.67. The van der Waals surface area contributed by atoms with E-state index >= 15 is 0 Å². The lowest BCUT2D eigenvalue weighted by atomic mass is 10.2. The first-order valence-corrected chi connectivity index (χ1v) is 9.62. The number of fused-ring (bicyclic) bond motifs is 1. The Morgan fingerprint density at radius 1 is 1.15 bits per heavy atom. The van der Waals surface area contributed by atoms with Crippen molar-refractivity contribution in [2.45, 2.75) is 5.22 Å². The molecule has 2 heterocycles. The van der Waals surface area contributed by atoms with Gasteiger partial charge in [0, 0.05) is 22.8 Å². The van der Waals surface area contributed by atoms with E-state index in [0.29, 0.717) is 26.8 Å². The molecule has 6 nitrogen and oxygen atoms in total. The van der Waals surface area contributed by atoms with Crippen molar-refractivity contribution in [1.82, 2.24) is 15.2 Å². The molecule has 0 radical (unpaired) electrons. The Bertz CT molecular complexity index is 1130. The lowest BCUT2D eigenvalue weighted by Crippen LogP contribution is -2.13. The third-order valence-electron chi connectivity index (χ3n) is 3.76. The Kier molecular flexibility index (Phi) is 5.07. The van der Waals surface area contributed by atoms with Gasteiger partial charge in [0.25, 0.3) is 11.1 Å². The molecular weight excluding hydrogens is 407 g/mol. The van der Waals surface area contributed by atoms with Crippen molar-refractivity contribution in [2.75, 3.05) is 11.1 Å². The molecule has 4 aromatic rings. The molecule has 0 saturated carbocycles. The molecule has 2 aromatic heterocycles. The molecule has 9 heteroatoms. The Labute approximate surface area is 168 Å². The number of H-pyrrole nitrogens is 1. The smallest absolute Gasteiger partial charge is 0.277 e. The summed E-state index contributed by atoms with van der Waals surface area (Å²) in [6, 6.07) is 12.7. The maximum Gasteiger partial charge on any atom is 0.277 e. The van der Waals surface area contributed by atoms with E-state index in [0.717, 1.165) is 28.2 Å². The highest BCUT2D eigenvalue weighted by Gasteiger charge is 2.14. The molecule has 0 saturated heterocycles. The first kappa shape index (κ1) is 17.9. The van der Waals surface area contributed by atoms with E-state index in [1.807, 2.05) is 30.5 Å². The minimum Gasteiger partial charge on any atom is -0.411 e. The Hall–Kier alpha value is -2.48. The number of carbonyl (C=O) groups excluding carboxylic acids is 1. The van der Waals surface area contributed by atoms with Crippen molar-refractivity contribution in [3.63, 3.8) is 0 Å². The second-order valence-electron chi connectivity index (χ2n) is 5.59. The Morgan fingerprint density at radius 3 is 2.85 bits per heavy atom. The predicted octanol–water partition coefficient (Wildman–Crippen LogP) is 5.26. The van der Waals surface area contributed by atoms with E-state index < -0.39 is 0 Å². The van der Waals surface area contributed by atoms with Crippen molar-refractivity contribution in [2.24, 2.45) is 0 Å². The molecule has 0 unspecified atom stereocenters. The summed E-state index contributed by atoms with van der Waals surface area (Å²) >= 11 is 13.0. The van der Waals surface area contributed by atoms with Crippen LogP contribution >= 0.6 is 35.0 Å². The fourth-order valence-electron chi connectivity index (χ4n) is 2.52. The van der Waals surface area contributed by atoms with Crippen LogP contribution in [0.25, 0.3) is 22.4 Å². The number of amides is 1. The molecule has 2 aromatic carbocycles. The number of rotatable bonds is 5. The van der Waals surface area contributed by atoms with Crippen molar-refractivity contribution in [3.8, 4) is 11.5 Å². The standard InChI is InChI=1S/C18H12Cl2N4O2S/c19-13-6-5-10(7-14(13)20)22-16(25)9-27-18-24-23-17(26-18)12-8-21-15-4-2-1-3-11(12)15/h1-8,21H,9H2,(H,22,25). The van der Waals surface area contributed by atoms with Gasteiger partial charge in [0.2, 0.25) is 5.91 Å². The number of nitrogens with zero attached hydrogens (tertiary/aromatic N) is 2. The largest absolute Gasteiger partial charge is 0.411 e. The lowest BCUT2D eigenvalue weighted by Gasteiger charge is -2.05. The van der Waals surface area contributed by atoms with Gasteiger partial charge in [-0.05, 0) is 24.3 Å². The van der Waals surface area contributed by atoms with E-state index in [4.69, 9.17) is 27.6 Å². The SMILES string of the molecule is O=C(CSc1nnc(-c2c[nH]c3ccccc23)o1)Nc1ccc(Cl)c(Cl)c1. The summed E-state index contributed by atoms with van der Waals surface area (Å²) in [6.07, 6.45) is 1.82. The van der Waals surface area contributed by atoms with Crippen LogP contribution in [0.1, 0.15) is 0 Å². The first-order valence-electron chi connectivity index (χ1n) is 7.88. The number of halogens is 2. The van der Waals surface area contributed by atoms with Gasteiger partial charge in [-0.1, -0.05) is 53.2 Å². The van der Waals surface area contributed by atoms with Crippen molar-refractivity contribution in [1.29, 1.82) is 0 Å². The van der Waals surface area contributed by atoms with Crippen LogP contribution in [0.5, 0.6) is 0 Å². The molecule has 0 aliphatic carbocycles. The van der Waals surface area contributed by atoms with Crippen LogP contribution in [-0.2, 0) is 4.79 Å². The van der Waals surface area contributed by atoms with Crippen LogP contribution in [-0.4, -0.2) is 26.8 Å². The first-order chi connectivity index (χ1) is 13.1. The fourth-order valence-corrected chi connectivity index (χ4v) is 3.38. The topological polar surface area (TPSA) is 83.8 Å². The lowest BCUT2D eigenvalue weighted by molar-refractivity contribution is -0.113. The third-order valence-corrected chi connectivity index (χ3v) is 5.31. The van der Waals surface area contributed by atoms with E-state index in [2.05, 4.69) is 20.5 Å². The number of thioether (sulfide) groups is 1. The summed E-state index contributed by atoms with van der Waals surface area (Å²) in [5.41, 5.74) is 2.38. The number of para-hydroxylation sites is 1. The van der Waals surface area contributed by atoms with Gasteiger partial charge in [0.05, 0.1) is 21.4 Å². The molecule has 0 atom stereocenters. The molecule has 0 spiro atoms. The number of carbonyl (C=O) groups is 1. The average molecular weight is 419 g/mol. The number of hydrogen-bond acceptors (Lipinski definition) is 5. The van der Waals surface area contributed by atoms with Gasteiger partial charge in [-0.15, -0.1) is 10.2 Å². The van der Waals surface area contributed by atoms with Gasteiger partial charge in [0.15, 0.2) is 0 Å². The summed E-state index contributed by atoms with van der Waals surface area (Å²) in [5, 5.41) is 12.9. The van der Waals surface area contributed by atoms with E-state index in [-0.39, 0.29) is 11.7 Å². The molecule has 27 heavy (non-hydrogen) atoms. The summed E-state index contributed by atoms with van der Waals surface area (Å²) in [6.45, 7) is 0. The minimum atomic E-state index is -0.217. The van der Waals surface area contributed by atoms with Crippen molar-refractivity contribution >= 4 is 57.5 Å². The highest BCUT2D eigenvalue weighted by atomic mass is 35.5. The summed E-state index contributed by atoms with van der Waals surface area (Å²) in [4.78, 5) is 15.3. The van der Waals surface area contributed by atoms with Crippen LogP contribution in [0.4, 0.5) is 5.69 Å². The molecule has 2 N–H and O–H groups in total. The highest BCUT2D eigenvalue weighted by Crippen LogP contribution is 2.29. The number of nitrogens with one attached hydrogen (secondary N) is 2. The second-order valence-corrected chi connectivity index (χ2v) is 7.33. The molecule has 0 aliphatic rings. The van der Waals surface area contributed by atoms with E-state index in [9.17, 15) is 4.79 Å². The summed E-state index contributed by atoms with van der Waals surface area (Å²) in [7, 11) is 0. The number of anilines is 1. The second kappa shape index (κ2) is 7.64. The molecule has 0 bridgehead atoms. The van der Waals surface area contributed by atoms with Gasteiger partial charge in [-0.2, -0.15) is 0 Å². The quantitative estimate of drug-likeness (QED) is 0.432. The minimum absolute atomic E-state index is 0.121. The van der Waals surface area contributed by atoms with Crippen molar-refractivity contribution < 1.29 is 9.21 Å². The van der Waals surface area contributed by atoms with Gasteiger partial charge >= 0.3 is 0 Å². The number of aromatic nitrogens is 3. The van der Waals surface area contributed by atoms with Gasteiger partial charge in [0.1, 0.15) is 0 Å². The number of benzene rings is 2. The van der Waals surface area contributed by atoms with E-state index in [1.165, 1.54) is 0 Å². The number of hydrogen-bond donors (Lipinski definition) is 2. The Balaban J connectivity index is 1.41. The van der Waals surface area contributed by atoms with E-state index in [1.54, 1.807) is 18.2 Å². The van der Waals surface area contributed by atoms with Gasteiger partial charge in [-0.3, -0.25) is 4.79 Å². The van der Waals surface area contributed by atoms with Crippen LogP contribution in [0.2, 0.25) is 10.0 Å². The third kappa shape index (κ3) is 3.95. The molecular formula is C18H12Cl2N4O2S. The highest BCUT2D eigenvalue weighted by molar-refractivity contribution is 7.99. The van der Waals surface area contributed by atoms with Crippen molar-refractivity contribution in [3.05, 3.63) is 58.7 Å². The average Bonchev–Trinajstić information content (AvgIpc) is 3.29. The van der Waals surface area contributed by atoms with Crippen LogP contribution in [0.3, 0.4) is 0 Å². The maximum absolute atomic E-state index is 12.1. The Morgan fingerprint density at radius 2 is 2.00 bits per heavy atom. The normalized spacial score (nSPS) is 11.0. The zero-order valence-corrected chi connectivity index (χ0v) is 16.0. The molecule has 1 amide bonds. The van der Waals surface area contributed by atoms with Crippen LogP contribution in [0, 0.1) is 0 Å². The molecule has 136 valence electrons. The van der Waals surface area contributed by atoms with Gasteiger partial charge in [-0.25, -0.2) is 0 Å². The summed E-state index contributed by atoms with van der Waals surface area (Å²) in [5.74, 6) is 0.306. The van der Waals surface area contributed by atoms with Gasteiger partial charge < -0.3 is 14.7 Å². The monoisotopic (exact) mass is 418 g/mol. The predicted molar refractivity (Wildman–Crippen MR) is 107 cm³/mol. The van der Waals surface area contributed by atoms with Crippen LogP contribution < -0.4 is 5.32 Å². The zero-order valence-electron chi connectivity index (χ0n) is 13.7. The fraction of sp³-hybridized carbons (Fsp3) is 0.0556. The number of aromatic amines is 1. The zero-order chi connectivity index (χ0) is 18.8. The maximum atomic E-state index is 12.1. The molecule has 0 aliphatic heterocycles. The molecule has 4 rings (SSSR count). The molecule has 0 fully saturated rings.